The number of benzene rings is 4. The third-order valence-electron chi connectivity index (χ3n) is 7.73. The maximum Gasteiger partial charge on any atom is 0.338 e. The van der Waals surface area contributed by atoms with Crippen LogP contribution in [0.25, 0.3) is 22.5 Å². The minimum Gasteiger partial charge on any atom is -0.462 e. The second kappa shape index (κ2) is 17.8. The van der Waals surface area contributed by atoms with E-state index in [0.29, 0.717) is 18.7 Å². The predicted molar refractivity (Wildman–Crippen MR) is 187 cm³/mol. The average molecular weight is 632 g/mol. The number of H-pyrrole nitrogens is 1. The normalized spacial score (nSPS) is 10.9. The maximum atomic E-state index is 13.3. The summed E-state index contributed by atoms with van der Waals surface area (Å²) in [7, 11) is 0. The zero-order chi connectivity index (χ0) is 31.8. The van der Waals surface area contributed by atoms with Gasteiger partial charge in [-0.2, -0.15) is 0 Å². The standard InChI is InChI=1S/C39H41N3O3S/c43-37(33-23-11-3-12-24-33)42(27-15-5-17-29-45-38(44)34-25-13-4-14-26-34)28-16-6-18-30-46-39-40-35(31-19-7-1-8-20-31)36(41-39)32-21-9-2-10-22-32/h1-4,7-14,19-26H,5-6,15-18,27-30H2,(H,40,41). The van der Waals surface area contributed by atoms with Gasteiger partial charge < -0.3 is 14.6 Å². The largest absolute Gasteiger partial charge is 0.462 e. The molecule has 0 aliphatic heterocycles. The van der Waals surface area contributed by atoms with E-state index >= 15 is 0 Å². The summed E-state index contributed by atoms with van der Waals surface area (Å²) in [4.78, 5) is 36.0. The number of aromatic amines is 1. The van der Waals surface area contributed by atoms with Gasteiger partial charge >= 0.3 is 5.97 Å². The van der Waals surface area contributed by atoms with Crippen LogP contribution in [-0.2, 0) is 4.74 Å². The second-order valence-corrected chi connectivity index (χ2v) is 12.2. The summed E-state index contributed by atoms with van der Waals surface area (Å²) in [6.07, 6.45) is 5.52. The summed E-state index contributed by atoms with van der Waals surface area (Å²) in [6.45, 7) is 1.79. The van der Waals surface area contributed by atoms with Crippen molar-refractivity contribution in [2.24, 2.45) is 0 Å². The molecule has 0 radical (unpaired) electrons. The molecule has 46 heavy (non-hydrogen) atoms. The fourth-order valence-corrected chi connectivity index (χ4v) is 6.14. The molecule has 6 nitrogen and oxygen atoms in total. The molecule has 7 heteroatoms. The molecule has 0 unspecified atom stereocenters. The number of carbonyl (C=O) groups is 2. The fourth-order valence-electron chi connectivity index (χ4n) is 5.27. The van der Waals surface area contributed by atoms with E-state index in [-0.39, 0.29) is 11.9 Å². The molecule has 0 aliphatic carbocycles. The van der Waals surface area contributed by atoms with E-state index in [9.17, 15) is 9.59 Å². The number of ether oxygens (including phenoxy) is 1. The van der Waals surface area contributed by atoms with Crippen LogP contribution in [0.4, 0.5) is 0 Å². The van der Waals surface area contributed by atoms with Crippen LogP contribution < -0.4 is 0 Å². The second-order valence-electron chi connectivity index (χ2n) is 11.1. The lowest BCUT2D eigenvalue weighted by Gasteiger charge is -2.23. The van der Waals surface area contributed by atoms with Crippen LogP contribution in [0.5, 0.6) is 0 Å². The van der Waals surface area contributed by atoms with Crippen LogP contribution in [0.15, 0.2) is 126 Å². The van der Waals surface area contributed by atoms with Crippen LogP contribution in [0.1, 0.15) is 59.2 Å². The number of esters is 1. The molecule has 1 aromatic heterocycles. The maximum absolute atomic E-state index is 13.3. The minimum absolute atomic E-state index is 0.0722. The first kappa shape index (κ1) is 32.8. The van der Waals surface area contributed by atoms with Gasteiger partial charge in [0.15, 0.2) is 5.16 Å². The van der Waals surface area contributed by atoms with Crippen molar-refractivity contribution in [3.63, 3.8) is 0 Å². The average Bonchev–Trinajstić information content (AvgIpc) is 3.55. The number of hydrogen-bond donors (Lipinski definition) is 1. The highest BCUT2D eigenvalue weighted by Gasteiger charge is 2.16. The Labute approximate surface area is 276 Å². The lowest BCUT2D eigenvalue weighted by Crippen LogP contribution is -2.33. The number of nitrogens with zero attached hydrogens (tertiary/aromatic N) is 2. The number of rotatable bonds is 17. The molecule has 0 aliphatic rings. The van der Waals surface area contributed by atoms with Crippen LogP contribution in [-0.4, -0.2) is 52.2 Å². The monoisotopic (exact) mass is 631 g/mol. The Morgan fingerprint density at radius 1 is 0.630 bits per heavy atom. The van der Waals surface area contributed by atoms with E-state index in [2.05, 4.69) is 29.2 Å². The number of imidazole rings is 1. The molecule has 1 heterocycles. The number of hydrogen-bond acceptors (Lipinski definition) is 5. The van der Waals surface area contributed by atoms with Crippen LogP contribution >= 0.6 is 11.8 Å². The van der Waals surface area contributed by atoms with Crippen molar-refractivity contribution < 1.29 is 14.3 Å². The number of amides is 1. The van der Waals surface area contributed by atoms with Gasteiger partial charge in [-0.15, -0.1) is 0 Å². The molecule has 0 fully saturated rings. The Balaban J connectivity index is 1.07. The number of thioether (sulfide) groups is 1. The van der Waals surface area contributed by atoms with Gasteiger partial charge in [-0.1, -0.05) is 115 Å². The number of nitrogens with one attached hydrogen (secondary N) is 1. The lowest BCUT2D eigenvalue weighted by atomic mass is 10.1. The van der Waals surface area contributed by atoms with Crippen molar-refractivity contribution in [2.45, 2.75) is 43.7 Å². The Kier molecular flexibility index (Phi) is 12.6. The highest BCUT2D eigenvalue weighted by atomic mass is 32.2. The van der Waals surface area contributed by atoms with Gasteiger partial charge in [0.05, 0.1) is 23.6 Å². The summed E-state index contributed by atoms with van der Waals surface area (Å²) in [5, 5.41) is 0.924. The third kappa shape index (κ3) is 9.69. The van der Waals surface area contributed by atoms with Crippen molar-refractivity contribution in [3.8, 4) is 22.5 Å². The molecule has 0 spiro atoms. The van der Waals surface area contributed by atoms with Crippen molar-refractivity contribution in [1.29, 1.82) is 0 Å². The molecule has 4 aromatic carbocycles. The van der Waals surface area contributed by atoms with Crippen molar-refractivity contribution in [2.75, 3.05) is 25.4 Å². The minimum atomic E-state index is -0.292. The topological polar surface area (TPSA) is 75.3 Å². The molecule has 5 aromatic rings. The number of carbonyl (C=O) groups excluding carboxylic acids is 2. The zero-order valence-corrected chi connectivity index (χ0v) is 27.0. The Hall–Kier alpha value is -4.62. The molecule has 0 atom stereocenters. The molecular formula is C39H41N3O3S. The van der Waals surface area contributed by atoms with E-state index < -0.39 is 0 Å². The first-order valence-electron chi connectivity index (χ1n) is 16.1. The van der Waals surface area contributed by atoms with Gasteiger partial charge in [-0.25, -0.2) is 9.78 Å². The van der Waals surface area contributed by atoms with Gasteiger partial charge in [-0.05, 0) is 56.4 Å². The molecule has 1 N–H and O–H groups in total. The highest BCUT2D eigenvalue weighted by Crippen LogP contribution is 2.32. The predicted octanol–water partition coefficient (Wildman–Crippen LogP) is 9.18. The van der Waals surface area contributed by atoms with E-state index in [1.54, 1.807) is 23.9 Å². The molecule has 5 rings (SSSR count). The van der Waals surface area contributed by atoms with E-state index in [1.165, 1.54) is 0 Å². The number of unbranched alkanes of at least 4 members (excludes halogenated alkanes) is 4. The Morgan fingerprint density at radius 2 is 1.17 bits per heavy atom. The Bertz CT molecular complexity index is 1570. The van der Waals surface area contributed by atoms with Crippen molar-refractivity contribution >= 4 is 23.6 Å². The van der Waals surface area contributed by atoms with Crippen LogP contribution in [0, 0.1) is 0 Å². The third-order valence-corrected chi connectivity index (χ3v) is 8.69. The Morgan fingerprint density at radius 3 is 1.80 bits per heavy atom. The van der Waals surface area contributed by atoms with E-state index in [0.717, 1.165) is 84.1 Å². The van der Waals surface area contributed by atoms with E-state index in [1.807, 2.05) is 89.8 Å². The summed E-state index contributed by atoms with van der Waals surface area (Å²) in [5.74, 6) is 0.729. The smallest absolute Gasteiger partial charge is 0.338 e. The van der Waals surface area contributed by atoms with Crippen LogP contribution in [0.3, 0.4) is 0 Å². The van der Waals surface area contributed by atoms with Gasteiger partial charge in [-0.3, -0.25) is 4.79 Å². The molecule has 1 amide bonds. The van der Waals surface area contributed by atoms with E-state index in [4.69, 9.17) is 9.72 Å². The quantitative estimate of drug-likeness (QED) is 0.0629. The summed E-state index contributed by atoms with van der Waals surface area (Å²) in [5.41, 5.74) is 5.52. The fraction of sp³-hybridized carbons (Fsp3) is 0.256. The number of aromatic nitrogens is 2. The zero-order valence-electron chi connectivity index (χ0n) is 26.1. The van der Waals surface area contributed by atoms with Gasteiger partial charge in [0, 0.05) is 35.5 Å². The molecule has 236 valence electrons. The van der Waals surface area contributed by atoms with Gasteiger partial charge in [0.25, 0.3) is 5.91 Å². The summed E-state index contributed by atoms with van der Waals surface area (Å²) in [6, 6.07) is 39.2. The SMILES string of the molecule is O=C(OCCCCCN(CCCCCSc1nc(-c2ccccc2)c(-c2ccccc2)[nH]1)C(=O)c1ccccc1)c1ccccc1. The molecular weight excluding hydrogens is 591 g/mol. The summed E-state index contributed by atoms with van der Waals surface area (Å²) < 4.78 is 5.41. The molecule has 0 bridgehead atoms. The molecule has 0 saturated carbocycles. The first-order chi connectivity index (χ1) is 22.7. The lowest BCUT2D eigenvalue weighted by molar-refractivity contribution is 0.0497. The van der Waals surface area contributed by atoms with Gasteiger partial charge in [0.1, 0.15) is 0 Å². The highest BCUT2D eigenvalue weighted by molar-refractivity contribution is 7.99. The van der Waals surface area contributed by atoms with Gasteiger partial charge in [0.2, 0.25) is 0 Å². The van der Waals surface area contributed by atoms with Crippen molar-refractivity contribution in [3.05, 3.63) is 132 Å². The van der Waals surface area contributed by atoms with Crippen molar-refractivity contribution in [1.82, 2.24) is 14.9 Å². The van der Waals surface area contributed by atoms with Crippen LogP contribution in [0.2, 0.25) is 0 Å². The first-order valence-corrected chi connectivity index (χ1v) is 17.1. The summed E-state index contributed by atoms with van der Waals surface area (Å²) >= 11 is 1.75. The molecule has 0 saturated heterocycles.